The van der Waals surface area contributed by atoms with Crippen molar-refractivity contribution < 1.29 is 0 Å². The molecule has 0 spiro atoms. The van der Waals surface area contributed by atoms with E-state index in [1.54, 1.807) is 11.3 Å². The van der Waals surface area contributed by atoms with Gasteiger partial charge >= 0.3 is 0 Å². The molecule has 0 saturated heterocycles. The van der Waals surface area contributed by atoms with Crippen molar-refractivity contribution in [3.05, 3.63) is 46.2 Å². The lowest BCUT2D eigenvalue weighted by atomic mass is 10.2. The van der Waals surface area contributed by atoms with E-state index in [0.717, 1.165) is 17.9 Å². The van der Waals surface area contributed by atoms with Gasteiger partial charge in [0.1, 0.15) is 0 Å². The molecule has 1 heterocycles. The van der Waals surface area contributed by atoms with E-state index >= 15 is 0 Å². The van der Waals surface area contributed by atoms with Crippen LogP contribution in [0.5, 0.6) is 0 Å². The highest BCUT2D eigenvalue weighted by Crippen LogP contribution is 2.25. The molecule has 0 fully saturated rings. The average Bonchev–Trinajstić information content (AvgIpc) is 2.70. The Hall–Kier alpha value is -1.48. The minimum absolute atomic E-state index is 0.846. The summed E-state index contributed by atoms with van der Waals surface area (Å²) < 4.78 is 0. The van der Waals surface area contributed by atoms with Crippen LogP contribution in [0.15, 0.2) is 35.7 Å². The molecule has 0 unspecified atom stereocenters. The Balaban J connectivity index is 2.17. The fraction of sp³-hybridized carbons (Fsp3) is 0.231. The fourth-order valence-corrected chi connectivity index (χ4v) is 2.50. The van der Waals surface area contributed by atoms with Gasteiger partial charge in [0.15, 0.2) is 0 Å². The number of nitrogens with two attached hydrogens (primary N) is 1. The van der Waals surface area contributed by atoms with Crippen LogP contribution in [0.1, 0.15) is 10.4 Å². The number of rotatable bonds is 3. The summed E-state index contributed by atoms with van der Waals surface area (Å²) in [6.45, 7) is 2.96. The molecule has 3 heteroatoms. The molecule has 2 rings (SSSR count). The van der Waals surface area contributed by atoms with E-state index in [9.17, 15) is 0 Å². The summed E-state index contributed by atoms with van der Waals surface area (Å²) in [5.41, 5.74) is 9.16. The summed E-state index contributed by atoms with van der Waals surface area (Å²) in [4.78, 5) is 3.53. The molecule has 0 radical (unpaired) electrons. The lowest BCUT2D eigenvalue weighted by molar-refractivity contribution is 0.942. The monoisotopic (exact) mass is 232 g/mol. The third kappa shape index (κ3) is 2.36. The number of hydrogen-bond acceptors (Lipinski definition) is 3. The number of thiophene rings is 1. The summed E-state index contributed by atoms with van der Waals surface area (Å²) in [5.74, 6) is 0. The second kappa shape index (κ2) is 4.58. The third-order valence-electron chi connectivity index (χ3n) is 2.57. The van der Waals surface area contributed by atoms with Crippen molar-refractivity contribution in [2.24, 2.45) is 0 Å². The van der Waals surface area contributed by atoms with E-state index in [1.165, 1.54) is 10.4 Å². The van der Waals surface area contributed by atoms with Crippen LogP contribution in [0.3, 0.4) is 0 Å². The second-order valence-corrected chi connectivity index (χ2v) is 5.03. The van der Waals surface area contributed by atoms with Crippen LogP contribution >= 0.6 is 11.3 Å². The molecule has 84 valence electrons. The molecular formula is C13H16N2S. The van der Waals surface area contributed by atoms with Gasteiger partial charge in [-0.3, -0.25) is 0 Å². The molecular weight excluding hydrogens is 216 g/mol. The van der Waals surface area contributed by atoms with Crippen molar-refractivity contribution in [1.82, 2.24) is 0 Å². The molecule has 16 heavy (non-hydrogen) atoms. The third-order valence-corrected chi connectivity index (χ3v) is 3.43. The Bertz CT molecular complexity index is 463. The van der Waals surface area contributed by atoms with E-state index in [2.05, 4.69) is 48.5 Å². The van der Waals surface area contributed by atoms with Gasteiger partial charge in [-0.2, -0.15) is 0 Å². The smallest absolute Gasteiger partial charge is 0.0600 e. The van der Waals surface area contributed by atoms with Crippen molar-refractivity contribution in [2.45, 2.75) is 13.5 Å². The highest BCUT2D eigenvalue weighted by Gasteiger charge is 2.06. The zero-order valence-electron chi connectivity index (χ0n) is 9.60. The summed E-state index contributed by atoms with van der Waals surface area (Å²) in [6, 6.07) is 10.4. The van der Waals surface area contributed by atoms with E-state index in [0.29, 0.717) is 0 Å². The van der Waals surface area contributed by atoms with Crippen LogP contribution in [0.2, 0.25) is 0 Å². The van der Waals surface area contributed by atoms with Gasteiger partial charge in [-0.25, -0.2) is 0 Å². The van der Waals surface area contributed by atoms with Gasteiger partial charge in [-0.15, -0.1) is 11.3 Å². The van der Waals surface area contributed by atoms with Gasteiger partial charge in [0.05, 0.1) is 17.9 Å². The van der Waals surface area contributed by atoms with E-state index in [-0.39, 0.29) is 0 Å². The summed E-state index contributed by atoms with van der Waals surface area (Å²) in [6.07, 6.45) is 0. The average molecular weight is 232 g/mol. The molecule has 0 atom stereocenters. The number of aryl methyl sites for hydroxylation is 1. The first-order valence-electron chi connectivity index (χ1n) is 5.26. The maximum atomic E-state index is 6.01. The van der Waals surface area contributed by atoms with Crippen LogP contribution in [-0.2, 0) is 6.54 Å². The fourth-order valence-electron chi connectivity index (χ4n) is 1.74. The first-order valence-corrected chi connectivity index (χ1v) is 6.14. The highest BCUT2D eigenvalue weighted by molar-refractivity contribution is 7.09. The van der Waals surface area contributed by atoms with Gasteiger partial charge in [0, 0.05) is 11.9 Å². The predicted octanol–water partition coefficient (Wildman–Crippen LogP) is 3.28. The molecule has 1 aromatic carbocycles. The maximum absolute atomic E-state index is 6.01. The largest absolute Gasteiger partial charge is 0.397 e. The van der Waals surface area contributed by atoms with Crippen molar-refractivity contribution in [1.29, 1.82) is 0 Å². The lowest BCUT2D eigenvalue weighted by Gasteiger charge is -2.20. The van der Waals surface area contributed by atoms with Crippen LogP contribution in [0.4, 0.5) is 11.4 Å². The molecule has 0 aliphatic rings. The van der Waals surface area contributed by atoms with Gasteiger partial charge in [-0.1, -0.05) is 12.1 Å². The quantitative estimate of drug-likeness (QED) is 0.823. The summed E-state index contributed by atoms with van der Waals surface area (Å²) >= 11 is 1.77. The van der Waals surface area contributed by atoms with Crippen molar-refractivity contribution in [3.63, 3.8) is 0 Å². The van der Waals surface area contributed by atoms with Gasteiger partial charge in [0.2, 0.25) is 0 Å². The zero-order valence-corrected chi connectivity index (χ0v) is 10.4. The van der Waals surface area contributed by atoms with Crippen molar-refractivity contribution in [2.75, 3.05) is 17.7 Å². The first kappa shape index (κ1) is 11.0. The summed E-state index contributed by atoms with van der Waals surface area (Å²) in [7, 11) is 2.07. The Kier molecular flexibility index (Phi) is 3.15. The SMILES string of the molecule is Cc1ccc(N(C)Cc2cccs2)c(N)c1. The van der Waals surface area contributed by atoms with E-state index in [4.69, 9.17) is 5.73 Å². The number of nitrogens with zero attached hydrogens (tertiary/aromatic N) is 1. The number of benzene rings is 1. The topological polar surface area (TPSA) is 29.3 Å². The molecule has 2 nitrogen and oxygen atoms in total. The Morgan fingerprint density at radius 1 is 1.31 bits per heavy atom. The van der Waals surface area contributed by atoms with Crippen LogP contribution in [0, 0.1) is 6.92 Å². The maximum Gasteiger partial charge on any atom is 0.0600 e. The first-order chi connectivity index (χ1) is 7.66. The van der Waals surface area contributed by atoms with Gasteiger partial charge in [0.25, 0.3) is 0 Å². The van der Waals surface area contributed by atoms with Crippen LogP contribution in [-0.4, -0.2) is 7.05 Å². The number of anilines is 2. The Morgan fingerprint density at radius 3 is 2.75 bits per heavy atom. The van der Waals surface area contributed by atoms with E-state index in [1.807, 2.05) is 6.07 Å². The minimum Gasteiger partial charge on any atom is -0.397 e. The summed E-state index contributed by atoms with van der Waals surface area (Å²) in [5, 5.41) is 2.10. The molecule has 1 aromatic heterocycles. The second-order valence-electron chi connectivity index (χ2n) is 4.00. The standard InChI is InChI=1S/C13H16N2S/c1-10-5-6-13(12(14)8-10)15(2)9-11-4-3-7-16-11/h3-8H,9,14H2,1-2H3. The lowest BCUT2D eigenvalue weighted by Crippen LogP contribution is -2.17. The molecule has 0 bridgehead atoms. The molecule has 0 amide bonds. The van der Waals surface area contributed by atoms with E-state index < -0.39 is 0 Å². The predicted molar refractivity (Wildman–Crippen MR) is 72.0 cm³/mol. The van der Waals surface area contributed by atoms with Crippen molar-refractivity contribution in [3.8, 4) is 0 Å². The normalized spacial score (nSPS) is 10.4. The zero-order chi connectivity index (χ0) is 11.5. The molecule has 0 aliphatic heterocycles. The van der Waals surface area contributed by atoms with Gasteiger partial charge in [-0.05, 0) is 36.1 Å². The molecule has 0 saturated carbocycles. The van der Waals surface area contributed by atoms with Crippen LogP contribution in [0.25, 0.3) is 0 Å². The molecule has 2 N–H and O–H groups in total. The van der Waals surface area contributed by atoms with Crippen LogP contribution < -0.4 is 10.6 Å². The molecule has 0 aliphatic carbocycles. The minimum atomic E-state index is 0.846. The highest BCUT2D eigenvalue weighted by atomic mass is 32.1. The number of nitrogen functional groups attached to an aromatic ring is 1. The van der Waals surface area contributed by atoms with Gasteiger partial charge < -0.3 is 10.6 Å². The Labute approximate surface area is 100 Å². The van der Waals surface area contributed by atoms with Crippen molar-refractivity contribution >= 4 is 22.7 Å². The number of hydrogen-bond donors (Lipinski definition) is 1. The Morgan fingerprint density at radius 2 is 2.12 bits per heavy atom. The molecule has 2 aromatic rings.